The normalized spacial score (nSPS) is 10.2. The quantitative estimate of drug-likeness (QED) is 0.897. The molecule has 0 aliphatic heterocycles. The van der Waals surface area contributed by atoms with Crippen molar-refractivity contribution >= 4 is 34.7 Å². The Labute approximate surface area is 107 Å². The van der Waals surface area contributed by atoms with Crippen LogP contribution in [-0.2, 0) is 6.54 Å². The Hall–Kier alpha value is -1.59. The Kier molecular flexibility index (Phi) is 3.61. The van der Waals surface area contributed by atoms with Crippen LogP contribution in [0.2, 0.25) is 5.02 Å². The summed E-state index contributed by atoms with van der Waals surface area (Å²) in [7, 11) is 0. The molecule has 6 heteroatoms. The standard InChI is InChI=1S/C11H10ClN3OS/c12-9-4-7(5-14-10(9)13)11(16)15-6-8-2-1-3-17-8/h1-5H,6H2,(H2,13,14)(H,15,16). The highest BCUT2D eigenvalue weighted by Gasteiger charge is 2.08. The third-order valence-electron chi connectivity index (χ3n) is 2.14. The van der Waals surface area contributed by atoms with Gasteiger partial charge in [0.05, 0.1) is 17.1 Å². The van der Waals surface area contributed by atoms with Gasteiger partial charge in [-0.05, 0) is 17.5 Å². The molecule has 0 aromatic carbocycles. The van der Waals surface area contributed by atoms with Crippen LogP contribution in [0.3, 0.4) is 0 Å². The van der Waals surface area contributed by atoms with Gasteiger partial charge in [-0.1, -0.05) is 17.7 Å². The van der Waals surface area contributed by atoms with Gasteiger partial charge < -0.3 is 11.1 Å². The number of pyridine rings is 1. The van der Waals surface area contributed by atoms with Crippen LogP contribution in [-0.4, -0.2) is 10.9 Å². The second kappa shape index (κ2) is 5.16. The number of halogens is 1. The van der Waals surface area contributed by atoms with Crippen LogP contribution in [0.5, 0.6) is 0 Å². The number of nitrogens with zero attached hydrogens (tertiary/aromatic N) is 1. The van der Waals surface area contributed by atoms with Gasteiger partial charge in [0.1, 0.15) is 5.82 Å². The van der Waals surface area contributed by atoms with Crippen molar-refractivity contribution in [3.05, 3.63) is 45.2 Å². The van der Waals surface area contributed by atoms with Crippen molar-refractivity contribution in [1.82, 2.24) is 10.3 Å². The molecule has 17 heavy (non-hydrogen) atoms. The molecule has 0 saturated heterocycles. The largest absolute Gasteiger partial charge is 0.382 e. The molecule has 2 heterocycles. The van der Waals surface area contributed by atoms with Crippen LogP contribution >= 0.6 is 22.9 Å². The maximum absolute atomic E-state index is 11.8. The van der Waals surface area contributed by atoms with Gasteiger partial charge in [-0.3, -0.25) is 4.79 Å². The molecule has 0 spiro atoms. The molecule has 88 valence electrons. The number of thiophene rings is 1. The van der Waals surface area contributed by atoms with E-state index < -0.39 is 0 Å². The fourth-order valence-electron chi connectivity index (χ4n) is 1.26. The third-order valence-corrected chi connectivity index (χ3v) is 3.31. The molecule has 0 aliphatic carbocycles. The van der Waals surface area contributed by atoms with Gasteiger partial charge in [0, 0.05) is 11.1 Å². The number of anilines is 1. The first-order chi connectivity index (χ1) is 8.16. The molecule has 2 rings (SSSR count). The van der Waals surface area contributed by atoms with Gasteiger partial charge >= 0.3 is 0 Å². The lowest BCUT2D eigenvalue weighted by Gasteiger charge is -2.04. The second-order valence-electron chi connectivity index (χ2n) is 3.35. The fraction of sp³-hybridized carbons (Fsp3) is 0.0909. The molecule has 2 aromatic rings. The summed E-state index contributed by atoms with van der Waals surface area (Å²) in [5.74, 6) is 0.00859. The number of hydrogen-bond acceptors (Lipinski definition) is 4. The van der Waals surface area contributed by atoms with E-state index in [-0.39, 0.29) is 16.7 Å². The van der Waals surface area contributed by atoms with Gasteiger partial charge in [0.2, 0.25) is 0 Å². The zero-order chi connectivity index (χ0) is 12.3. The van der Waals surface area contributed by atoms with Crippen molar-refractivity contribution in [2.24, 2.45) is 0 Å². The minimum atomic E-state index is -0.215. The summed E-state index contributed by atoms with van der Waals surface area (Å²) < 4.78 is 0. The average Bonchev–Trinajstić information content (AvgIpc) is 2.82. The molecule has 0 saturated carbocycles. The first-order valence-electron chi connectivity index (χ1n) is 4.88. The van der Waals surface area contributed by atoms with Crippen molar-refractivity contribution < 1.29 is 4.79 Å². The van der Waals surface area contributed by atoms with Gasteiger partial charge in [-0.25, -0.2) is 4.98 Å². The van der Waals surface area contributed by atoms with Crippen molar-refractivity contribution in [2.45, 2.75) is 6.54 Å². The predicted molar refractivity (Wildman–Crippen MR) is 69.1 cm³/mol. The number of nitrogens with two attached hydrogens (primary N) is 1. The number of nitrogens with one attached hydrogen (secondary N) is 1. The second-order valence-corrected chi connectivity index (χ2v) is 4.79. The van der Waals surface area contributed by atoms with E-state index >= 15 is 0 Å². The van der Waals surface area contributed by atoms with Crippen LogP contribution in [0.15, 0.2) is 29.8 Å². The molecule has 0 aliphatic rings. The van der Waals surface area contributed by atoms with E-state index in [2.05, 4.69) is 10.3 Å². The molecule has 0 radical (unpaired) electrons. The minimum absolute atomic E-state index is 0.215. The molecule has 2 aromatic heterocycles. The van der Waals surface area contributed by atoms with Crippen LogP contribution in [0.4, 0.5) is 5.82 Å². The Balaban J connectivity index is 2.02. The van der Waals surface area contributed by atoms with E-state index in [9.17, 15) is 4.79 Å². The lowest BCUT2D eigenvalue weighted by molar-refractivity contribution is 0.0951. The molecular formula is C11H10ClN3OS. The molecule has 0 bridgehead atoms. The Morgan fingerprint density at radius 2 is 2.41 bits per heavy atom. The van der Waals surface area contributed by atoms with Gasteiger partial charge in [-0.15, -0.1) is 11.3 Å². The smallest absolute Gasteiger partial charge is 0.253 e. The number of rotatable bonds is 3. The molecule has 0 atom stereocenters. The first-order valence-corrected chi connectivity index (χ1v) is 6.14. The van der Waals surface area contributed by atoms with E-state index in [1.807, 2.05) is 17.5 Å². The number of hydrogen-bond donors (Lipinski definition) is 2. The molecule has 4 nitrogen and oxygen atoms in total. The maximum atomic E-state index is 11.8. The topological polar surface area (TPSA) is 68.0 Å². The van der Waals surface area contributed by atoms with E-state index in [1.54, 1.807) is 11.3 Å². The molecule has 0 unspecified atom stereocenters. The SMILES string of the molecule is Nc1ncc(C(=O)NCc2cccs2)cc1Cl. The van der Waals surface area contributed by atoms with Crippen molar-refractivity contribution in [3.8, 4) is 0 Å². The fourth-order valence-corrected chi connectivity index (χ4v) is 2.07. The number of aromatic nitrogens is 1. The Bertz CT molecular complexity index is 528. The summed E-state index contributed by atoms with van der Waals surface area (Å²) >= 11 is 7.38. The summed E-state index contributed by atoms with van der Waals surface area (Å²) in [5, 5.41) is 5.03. The summed E-state index contributed by atoms with van der Waals surface area (Å²) in [6, 6.07) is 5.40. The van der Waals surface area contributed by atoms with Crippen LogP contribution < -0.4 is 11.1 Å². The van der Waals surface area contributed by atoms with Crippen LogP contribution in [0.25, 0.3) is 0 Å². The van der Waals surface area contributed by atoms with E-state index in [1.165, 1.54) is 12.3 Å². The summed E-state index contributed by atoms with van der Waals surface area (Å²) in [5.41, 5.74) is 5.87. The lowest BCUT2D eigenvalue weighted by Crippen LogP contribution is -2.22. The van der Waals surface area contributed by atoms with Crippen molar-refractivity contribution in [3.63, 3.8) is 0 Å². The van der Waals surface area contributed by atoms with Crippen LogP contribution in [0, 0.1) is 0 Å². The maximum Gasteiger partial charge on any atom is 0.253 e. The van der Waals surface area contributed by atoms with Gasteiger partial charge in [0.25, 0.3) is 5.91 Å². The van der Waals surface area contributed by atoms with Crippen molar-refractivity contribution in [2.75, 3.05) is 5.73 Å². The zero-order valence-electron chi connectivity index (χ0n) is 8.81. The lowest BCUT2D eigenvalue weighted by atomic mass is 10.2. The van der Waals surface area contributed by atoms with Gasteiger partial charge in [0.15, 0.2) is 0 Å². The summed E-state index contributed by atoms with van der Waals surface area (Å²) in [6.07, 6.45) is 1.41. The summed E-state index contributed by atoms with van der Waals surface area (Å²) in [6.45, 7) is 0.499. The first kappa shape index (κ1) is 11.9. The number of carbonyl (C=O) groups is 1. The predicted octanol–water partition coefficient (Wildman–Crippen LogP) is 2.31. The van der Waals surface area contributed by atoms with Gasteiger partial charge in [-0.2, -0.15) is 0 Å². The molecule has 1 amide bonds. The average molecular weight is 268 g/mol. The van der Waals surface area contributed by atoms with Crippen LogP contribution in [0.1, 0.15) is 15.2 Å². The Morgan fingerprint density at radius 3 is 3.06 bits per heavy atom. The number of amides is 1. The minimum Gasteiger partial charge on any atom is -0.382 e. The van der Waals surface area contributed by atoms with E-state index in [4.69, 9.17) is 17.3 Å². The molecular weight excluding hydrogens is 258 g/mol. The molecule has 3 N–H and O–H groups in total. The number of nitrogen functional groups attached to an aromatic ring is 1. The van der Waals surface area contributed by atoms with Crippen molar-refractivity contribution in [1.29, 1.82) is 0 Å². The highest BCUT2D eigenvalue weighted by molar-refractivity contribution is 7.09. The monoisotopic (exact) mass is 267 g/mol. The molecule has 0 fully saturated rings. The zero-order valence-corrected chi connectivity index (χ0v) is 10.4. The van der Waals surface area contributed by atoms with E-state index in [0.29, 0.717) is 12.1 Å². The highest BCUT2D eigenvalue weighted by Crippen LogP contribution is 2.16. The van der Waals surface area contributed by atoms with E-state index in [0.717, 1.165) is 4.88 Å². The Morgan fingerprint density at radius 1 is 1.59 bits per heavy atom. The highest BCUT2D eigenvalue weighted by atomic mass is 35.5. The number of carbonyl (C=O) groups excluding carboxylic acids is 1. The summed E-state index contributed by atoms with van der Waals surface area (Å²) in [4.78, 5) is 16.7. The third kappa shape index (κ3) is 2.95.